The minimum Gasteiger partial charge on any atom is -0.495 e. The number of nitrogens with one attached hydrogen (secondary N) is 3. The lowest BCUT2D eigenvalue weighted by Crippen LogP contribution is -2.26. The molecule has 0 bridgehead atoms. The summed E-state index contributed by atoms with van der Waals surface area (Å²) in [6.07, 6.45) is 0.919. The molecule has 0 fully saturated rings. The maximum Gasteiger partial charge on any atom is 0.275 e. The number of aromatic nitrogens is 3. The van der Waals surface area contributed by atoms with E-state index in [4.69, 9.17) is 13.6 Å². The highest BCUT2D eigenvalue weighted by Crippen LogP contribution is 2.33. The molecule has 4 rings (SSSR count). The molecule has 0 atom stereocenters. The Balaban J connectivity index is 1.71. The average molecular weight is 467 g/mol. The van der Waals surface area contributed by atoms with Crippen molar-refractivity contribution in [1.82, 2.24) is 25.4 Å². The molecule has 3 aromatic rings. The van der Waals surface area contributed by atoms with Crippen LogP contribution in [0.4, 0.5) is 23.1 Å². The van der Waals surface area contributed by atoms with Gasteiger partial charge < -0.3 is 30.3 Å². The number of carbonyl (C=O) groups excluding carboxylic acids is 1. The van der Waals surface area contributed by atoms with E-state index in [1.165, 1.54) is 5.56 Å². The zero-order chi connectivity index (χ0) is 26.6. The van der Waals surface area contributed by atoms with Crippen LogP contribution in [-0.2, 0) is 24.3 Å². The molecule has 0 radical (unpaired) electrons. The smallest absolute Gasteiger partial charge is 0.275 e. The maximum absolute atomic E-state index is 12.7. The van der Waals surface area contributed by atoms with Crippen LogP contribution < -0.4 is 20.7 Å². The Labute approximate surface area is 202 Å². The number of para-hydroxylation sites is 1. The summed E-state index contributed by atoms with van der Waals surface area (Å²) < 4.78 is 33.0. The van der Waals surface area contributed by atoms with Gasteiger partial charge in [0.15, 0.2) is 11.5 Å². The molecule has 2 heterocycles. The number of rotatable bonds is 8. The van der Waals surface area contributed by atoms with E-state index in [9.17, 15) is 4.79 Å². The Morgan fingerprint density at radius 2 is 2.00 bits per heavy atom. The molecule has 0 saturated carbocycles. The summed E-state index contributed by atoms with van der Waals surface area (Å²) in [6.45, 7) is -0.630. The molecule has 10 nitrogen and oxygen atoms in total. The molecule has 178 valence electrons. The Kier molecular flexibility index (Phi) is 6.05. The van der Waals surface area contributed by atoms with Crippen LogP contribution in [0.5, 0.6) is 5.75 Å². The van der Waals surface area contributed by atoms with Gasteiger partial charge in [-0.3, -0.25) is 4.79 Å². The van der Waals surface area contributed by atoms with Crippen molar-refractivity contribution in [3.8, 4) is 5.75 Å². The summed E-state index contributed by atoms with van der Waals surface area (Å²) in [4.78, 5) is 19.4. The van der Waals surface area contributed by atoms with E-state index in [1.54, 1.807) is 20.3 Å². The highest BCUT2D eigenvalue weighted by molar-refractivity contribution is 5.97. The lowest BCUT2D eigenvalue weighted by Gasteiger charge is -2.26. The summed E-state index contributed by atoms with van der Waals surface area (Å²) in [5.41, 5.74) is 4.17. The van der Waals surface area contributed by atoms with Crippen LogP contribution in [0.15, 0.2) is 36.4 Å². The third-order valence-electron chi connectivity index (χ3n) is 5.56. The molecule has 0 aliphatic carbocycles. The molecule has 1 aromatic heterocycles. The fraction of sp³-hybridized carbons (Fsp3) is 0.333. The first-order valence-electron chi connectivity index (χ1n) is 12.2. The molecule has 0 unspecified atom stereocenters. The van der Waals surface area contributed by atoms with Gasteiger partial charge in [0.2, 0.25) is 5.95 Å². The van der Waals surface area contributed by atoms with E-state index < -0.39 is 12.9 Å². The van der Waals surface area contributed by atoms with Crippen molar-refractivity contribution in [1.29, 1.82) is 0 Å². The molecular weight excluding hydrogens is 434 g/mol. The minimum atomic E-state index is -2.70. The van der Waals surface area contributed by atoms with E-state index in [0.717, 1.165) is 30.6 Å². The van der Waals surface area contributed by atoms with Crippen LogP contribution in [0.3, 0.4) is 0 Å². The molecule has 2 aromatic carbocycles. The third-order valence-corrected chi connectivity index (χ3v) is 5.56. The van der Waals surface area contributed by atoms with E-state index in [1.807, 2.05) is 35.6 Å². The molecular formula is C24H29N7O3. The van der Waals surface area contributed by atoms with Crippen molar-refractivity contribution >= 4 is 29.0 Å². The van der Waals surface area contributed by atoms with Crippen LogP contribution in [0.2, 0.25) is 0 Å². The van der Waals surface area contributed by atoms with Gasteiger partial charge in [-0.2, -0.15) is 4.98 Å². The highest BCUT2D eigenvalue weighted by Gasteiger charge is 2.20. The lowest BCUT2D eigenvalue weighted by molar-refractivity contribution is 0.0957. The van der Waals surface area contributed by atoms with Crippen LogP contribution in [0.1, 0.15) is 31.3 Å². The molecule has 3 N–H and O–H groups in total. The van der Waals surface area contributed by atoms with Crippen LogP contribution >= 0.6 is 0 Å². The molecule has 1 aliphatic heterocycles. The van der Waals surface area contributed by atoms with Gasteiger partial charge in [-0.1, -0.05) is 18.2 Å². The Morgan fingerprint density at radius 3 is 2.79 bits per heavy atom. The van der Waals surface area contributed by atoms with Gasteiger partial charge in [-0.15, -0.1) is 10.2 Å². The lowest BCUT2D eigenvalue weighted by atomic mass is 9.99. The number of anilines is 4. The summed E-state index contributed by atoms with van der Waals surface area (Å²) in [5.74, 6) is -0.192. The van der Waals surface area contributed by atoms with Gasteiger partial charge in [0.1, 0.15) is 5.75 Å². The SMILES string of the molecule is [2H]C([2H])([2H])NC(=O)c1nnc(Nc2cc3c(cc2OC)CCN(C)C3)nc1Nc1ccccc1COC. The van der Waals surface area contributed by atoms with Gasteiger partial charge in [0, 0.05) is 42.5 Å². The number of nitrogens with zero attached hydrogens (tertiary/aromatic N) is 4. The van der Waals surface area contributed by atoms with Crippen LogP contribution in [0, 0.1) is 0 Å². The van der Waals surface area contributed by atoms with Crippen molar-refractivity contribution in [2.75, 3.05) is 45.4 Å². The van der Waals surface area contributed by atoms with Crippen molar-refractivity contribution in [2.24, 2.45) is 0 Å². The Morgan fingerprint density at radius 1 is 1.15 bits per heavy atom. The summed E-state index contributed by atoms with van der Waals surface area (Å²) in [6, 6.07) is 11.3. The number of hydrogen-bond acceptors (Lipinski definition) is 9. The maximum atomic E-state index is 12.7. The first kappa shape index (κ1) is 19.7. The summed E-state index contributed by atoms with van der Waals surface area (Å²) >= 11 is 0. The second-order valence-electron chi connectivity index (χ2n) is 7.94. The number of methoxy groups -OCH3 is 2. The first-order chi connectivity index (χ1) is 17.7. The number of ether oxygens (including phenoxy) is 2. The van der Waals surface area contributed by atoms with E-state index >= 15 is 0 Å². The number of carbonyl (C=O) groups is 1. The minimum absolute atomic E-state index is 0.0273. The van der Waals surface area contributed by atoms with Crippen molar-refractivity contribution in [3.05, 3.63) is 58.8 Å². The van der Waals surface area contributed by atoms with E-state index in [2.05, 4.69) is 37.8 Å². The van der Waals surface area contributed by atoms with Crippen LogP contribution in [-0.4, -0.2) is 60.8 Å². The second kappa shape index (κ2) is 10.4. The number of likely N-dealkylation sites (N-methyl/N-ethyl adjacent to an activating group) is 1. The summed E-state index contributed by atoms with van der Waals surface area (Å²) in [5, 5.41) is 16.2. The fourth-order valence-electron chi connectivity index (χ4n) is 3.84. The Hall–Kier alpha value is -3.76. The van der Waals surface area contributed by atoms with Crippen LogP contribution in [0.25, 0.3) is 0 Å². The third kappa shape index (κ3) is 5.08. The highest BCUT2D eigenvalue weighted by atomic mass is 16.5. The average Bonchev–Trinajstić information content (AvgIpc) is 2.84. The summed E-state index contributed by atoms with van der Waals surface area (Å²) in [7, 11) is 5.22. The van der Waals surface area contributed by atoms with Crippen molar-refractivity contribution in [3.63, 3.8) is 0 Å². The number of benzene rings is 2. The van der Waals surface area contributed by atoms with Gasteiger partial charge in [-0.25, -0.2) is 0 Å². The molecule has 10 heteroatoms. The zero-order valence-electron chi connectivity index (χ0n) is 22.3. The number of hydrogen-bond donors (Lipinski definition) is 3. The molecule has 1 amide bonds. The fourth-order valence-corrected chi connectivity index (χ4v) is 3.84. The number of fused-ring (bicyclic) bond motifs is 1. The predicted molar refractivity (Wildman–Crippen MR) is 130 cm³/mol. The van der Waals surface area contributed by atoms with E-state index in [0.29, 0.717) is 23.7 Å². The van der Waals surface area contributed by atoms with Gasteiger partial charge in [0.25, 0.3) is 5.91 Å². The van der Waals surface area contributed by atoms with Gasteiger partial charge >= 0.3 is 0 Å². The normalized spacial score (nSPS) is 14.9. The van der Waals surface area contributed by atoms with Crippen molar-refractivity contribution < 1.29 is 18.4 Å². The Bertz CT molecular complexity index is 1290. The largest absolute Gasteiger partial charge is 0.495 e. The molecule has 34 heavy (non-hydrogen) atoms. The molecule has 0 spiro atoms. The quantitative estimate of drug-likeness (QED) is 0.461. The van der Waals surface area contributed by atoms with E-state index in [-0.39, 0.29) is 17.5 Å². The second-order valence-corrected chi connectivity index (χ2v) is 7.94. The van der Waals surface area contributed by atoms with Gasteiger partial charge in [-0.05, 0) is 42.8 Å². The standard InChI is InChI=1S/C24H29N7O3/c1-25-23(32)21-22(26-18-8-6-5-7-16(18)14-33-3)28-24(30-29-21)27-19-11-17-13-31(2)10-9-15(17)12-20(19)34-4/h5-8,11-12H,9-10,13-14H2,1-4H3,(H,25,32)(H2,26,27,28,30)/i1D3. The van der Waals surface area contributed by atoms with Gasteiger partial charge in [0.05, 0.1) is 19.4 Å². The first-order valence-corrected chi connectivity index (χ1v) is 10.7. The molecule has 1 aliphatic rings. The number of amides is 1. The van der Waals surface area contributed by atoms with Crippen molar-refractivity contribution in [2.45, 2.75) is 19.6 Å². The molecule has 0 saturated heterocycles. The topological polar surface area (TPSA) is 114 Å². The monoisotopic (exact) mass is 466 g/mol. The zero-order valence-corrected chi connectivity index (χ0v) is 19.3. The predicted octanol–water partition coefficient (Wildman–Crippen LogP) is 2.86.